The Kier molecular flexibility index (Phi) is 3.37. The van der Waals surface area contributed by atoms with E-state index >= 15 is 0 Å². The van der Waals surface area contributed by atoms with Crippen molar-refractivity contribution < 1.29 is 14.4 Å². The first-order chi connectivity index (χ1) is 10.1. The number of thiocarbonyl (C=S) groups is 1. The molecule has 0 bridgehead atoms. The molecule has 0 spiro atoms. The van der Waals surface area contributed by atoms with Crippen molar-refractivity contribution in [3.63, 3.8) is 0 Å². The van der Waals surface area contributed by atoms with Crippen LogP contribution in [0.1, 0.15) is 28.8 Å². The fourth-order valence-corrected chi connectivity index (χ4v) is 2.79. The first-order valence-electron chi connectivity index (χ1n) is 6.45. The number of aliphatic imine (C=N–C) groups is 1. The third-order valence-corrected chi connectivity index (χ3v) is 3.77. The number of carbonyl (C=O) groups excluding carboxylic acids is 3. The average molecular weight is 301 g/mol. The van der Waals surface area contributed by atoms with E-state index in [2.05, 4.69) is 27.7 Å². The number of benzene rings is 1. The summed E-state index contributed by atoms with van der Waals surface area (Å²) >= 11 is 4.56. The van der Waals surface area contributed by atoms with Crippen LogP contribution in [0.25, 0.3) is 0 Å². The Morgan fingerprint density at radius 3 is 2.86 bits per heavy atom. The van der Waals surface area contributed by atoms with Crippen LogP contribution in [0.2, 0.25) is 0 Å². The number of fused-ring (bicyclic) bond motifs is 1. The van der Waals surface area contributed by atoms with E-state index in [4.69, 9.17) is 0 Å². The van der Waals surface area contributed by atoms with Gasteiger partial charge in [-0.3, -0.25) is 19.7 Å². The number of nitrogens with zero attached hydrogens (tertiary/aromatic N) is 2. The van der Waals surface area contributed by atoms with E-state index in [1.165, 1.54) is 4.90 Å². The standard InChI is InChI=1S/C14H11N3O3S/c18-12-4-3-11(13(19)16-12)17-6-8-5-9(15-7-21)1-2-10(8)14(17)20/h1-2,5,11H,3-4,6H2,(H,16,18,19). The lowest BCUT2D eigenvalue weighted by atomic mass is 10.0. The van der Waals surface area contributed by atoms with Gasteiger partial charge in [-0.1, -0.05) is 0 Å². The highest BCUT2D eigenvalue weighted by Crippen LogP contribution is 2.29. The van der Waals surface area contributed by atoms with Gasteiger partial charge in [0.15, 0.2) is 0 Å². The van der Waals surface area contributed by atoms with Crippen molar-refractivity contribution in [3.8, 4) is 0 Å². The molecule has 3 amide bonds. The van der Waals surface area contributed by atoms with Crippen LogP contribution in [0.15, 0.2) is 23.2 Å². The first kappa shape index (κ1) is 13.6. The molecule has 0 saturated carbocycles. The van der Waals surface area contributed by atoms with Crippen molar-refractivity contribution in [1.82, 2.24) is 10.2 Å². The molecule has 1 aromatic rings. The van der Waals surface area contributed by atoms with Crippen LogP contribution in [0.4, 0.5) is 5.69 Å². The van der Waals surface area contributed by atoms with Gasteiger partial charge in [0.25, 0.3) is 5.91 Å². The number of hydrogen-bond acceptors (Lipinski definition) is 5. The zero-order chi connectivity index (χ0) is 15.0. The zero-order valence-corrected chi connectivity index (χ0v) is 11.8. The Labute approximate surface area is 125 Å². The first-order valence-corrected chi connectivity index (χ1v) is 6.86. The van der Waals surface area contributed by atoms with Crippen molar-refractivity contribution in [1.29, 1.82) is 0 Å². The Bertz CT molecular complexity index is 709. The normalized spacial score (nSPS) is 20.9. The van der Waals surface area contributed by atoms with E-state index in [1.54, 1.807) is 18.2 Å². The highest BCUT2D eigenvalue weighted by molar-refractivity contribution is 7.78. The monoisotopic (exact) mass is 301 g/mol. The maximum Gasteiger partial charge on any atom is 0.255 e. The molecule has 2 heterocycles. The lowest BCUT2D eigenvalue weighted by Crippen LogP contribution is -2.52. The van der Waals surface area contributed by atoms with Crippen molar-refractivity contribution in [2.75, 3.05) is 0 Å². The Morgan fingerprint density at radius 2 is 2.14 bits per heavy atom. The summed E-state index contributed by atoms with van der Waals surface area (Å²) in [5.74, 6) is -0.903. The van der Waals surface area contributed by atoms with Crippen molar-refractivity contribution in [2.45, 2.75) is 25.4 Å². The van der Waals surface area contributed by atoms with Crippen LogP contribution in [-0.2, 0) is 16.1 Å². The molecule has 1 unspecified atom stereocenters. The molecule has 2 aliphatic heterocycles. The third-order valence-electron chi connectivity index (χ3n) is 3.68. The number of hydrogen-bond donors (Lipinski definition) is 1. The fraction of sp³-hybridized carbons (Fsp3) is 0.286. The maximum atomic E-state index is 12.4. The van der Waals surface area contributed by atoms with Crippen LogP contribution >= 0.6 is 12.2 Å². The van der Waals surface area contributed by atoms with Gasteiger partial charge in [0, 0.05) is 18.5 Å². The summed E-state index contributed by atoms with van der Waals surface area (Å²) in [5, 5.41) is 4.55. The van der Waals surface area contributed by atoms with E-state index in [1.807, 2.05) is 0 Å². The molecular weight excluding hydrogens is 290 g/mol. The van der Waals surface area contributed by atoms with Crippen LogP contribution in [0.5, 0.6) is 0 Å². The highest BCUT2D eigenvalue weighted by Gasteiger charge is 2.38. The summed E-state index contributed by atoms with van der Waals surface area (Å²) < 4.78 is 0. The molecule has 7 heteroatoms. The number of amides is 3. The van der Waals surface area contributed by atoms with E-state index in [0.717, 1.165) is 5.56 Å². The molecule has 1 saturated heterocycles. The molecule has 106 valence electrons. The van der Waals surface area contributed by atoms with E-state index < -0.39 is 11.9 Å². The summed E-state index contributed by atoms with van der Waals surface area (Å²) in [5.41, 5.74) is 1.99. The molecular formula is C14H11N3O3S. The number of rotatable bonds is 2. The molecule has 0 aromatic heterocycles. The van der Waals surface area contributed by atoms with Crippen LogP contribution in [0.3, 0.4) is 0 Å². The van der Waals surface area contributed by atoms with Gasteiger partial charge in [0.1, 0.15) is 6.04 Å². The van der Waals surface area contributed by atoms with Crippen LogP contribution in [0, 0.1) is 0 Å². The van der Waals surface area contributed by atoms with Gasteiger partial charge in [0.05, 0.1) is 10.8 Å². The molecule has 1 atom stereocenters. The molecule has 1 N–H and O–H groups in total. The Hall–Kier alpha value is -2.37. The molecule has 0 aliphatic carbocycles. The molecule has 1 aromatic carbocycles. The lowest BCUT2D eigenvalue weighted by Gasteiger charge is -2.29. The summed E-state index contributed by atoms with van der Waals surface area (Å²) in [4.78, 5) is 40.8. The van der Waals surface area contributed by atoms with Crippen molar-refractivity contribution >= 4 is 40.8 Å². The topological polar surface area (TPSA) is 78.8 Å². The van der Waals surface area contributed by atoms with Gasteiger partial charge in [-0.2, -0.15) is 4.99 Å². The van der Waals surface area contributed by atoms with Crippen LogP contribution in [-0.4, -0.2) is 33.8 Å². The number of carbonyl (C=O) groups is 3. The number of isothiocyanates is 1. The van der Waals surface area contributed by atoms with Gasteiger partial charge < -0.3 is 4.90 Å². The maximum absolute atomic E-state index is 12.4. The minimum atomic E-state index is -0.597. The molecule has 2 aliphatic rings. The van der Waals surface area contributed by atoms with Crippen molar-refractivity contribution in [3.05, 3.63) is 29.3 Å². The molecule has 0 radical (unpaired) electrons. The van der Waals surface area contributed by atoms with Gasteiger partial charge >= 0.3 is 0 Å². The van der Waals surface area contributed by atoms with Gasteiger partial charge in [-0.05, 0) is 42.4 Å². The molecule has 1 fully saturated rings. The van der Waals surface area contributed by atoms with Crippen LogP contribution < -0.4 is 5.32 Å². The minimum absolute atomic E-state index is 0.197. The number of nitrogens with one attached hydrogen (secondary N) is 1. The predicted molar refractivity (Wildman–Crippen MR) is 77.2 cm³/mol. The second-order valence-electron chi connectivity index (χ2n) is 4.94. The summed E-state index contributed by atoms with van der Waals surface area (Å²) in [6, 6.07) is 4.53. The zero-order valence-electron chi connectivity index (χ0n) is 11.0. The van der Waals surface area contributed by atoms with Gasteiger partial charge in [-0.15, -0.1) is 0 Å². The van der Waals surface area contributed by atoms with Crippen molar-refractivity contribution in [2.24, 2.45) is 4.99 Å². The molecule has 3 rings (SSSR count). The second-order valence-corrected chi connectivity index (χ2v) is 5.13. The Morgan fingerprint density at radius 1 is 1.33 bits per heavy atom. The SMILES string of the molecule is O=C1CCC(N2Cc3cc(N=C=S)ccc3C2=O)C(=O)N1. The number of piperidine rings is 1. The van der Waals surface area contributed by atoms with E-state index in [0.29, 0.717) is 24.2 Å². The summed E-state index contributed by atoms with van der Waals surface area (Å²) in [6.07, 6.45) is 0.604. The average Bonchev–Trinajstić information content (AvgIpc) is 2.76. The quantitative estimate of drug-likeness (QED) is 0.505. The summed E-state index contributed by atoms with van der Waals surface area (Å²) in [7, 11) is 0. The second kappa shape index (κ2) is 5.20. The molecule has 21 heavy (non-hydrogen) atoms. The lowest BCUT2D eigenvalue weighted by molar-refractivity contribution is -0.136. The van der Waals surface area contributed by atoms with Gasteiger partial charge in [0.2, 0.25) is 11.8 Å². The fourth-order valence-electron chi connectivity index (χ4n) is 2.68. The number of imide groups is 1. The largest absolute Gasteiger partial charge is 0.322 e. The van der Waals surface area contributed by atoms with E-state index in [9.17, 15) is 14.4 Å². The highest BCUT2D eigenvalue weighted by atomic mass is 32.1. The smallest absolute Gasteiger partial charge is 0.255 e. The minimum Gasteiger partial charge on any atom is -0.322 e. The van der Waals surface area contributed by atoms with Gasteiger partial charge in [-0.25, -0.2) is 0 Å². The van der Waals surface area contributed by atoms with E-state index in [-0.39, 0.29) is 18.2 Å². The Balaban J connectivity index is 1.88. The summed E-state index contributed by atoms with van der Waals surface area (Å²) in [6.45, 7) is 0.335. The predicted octanol–water partition coefficient (Wildman–Crippen LogP) is 1.18. The third kappa shape index (κ3) is 2.37. The molecule has 6 nitrogen and oxygen atoms in total.